The minimum atomic E-state index is 0. The third-order valence-corrected chi connectivity index (χ3v) is 5.08. The Hall–Kier alpha value is -0.830. The number of aryl methyl sites for hydroxylation is 2. The van der Waals surface area contributed by atoms with Crippen molar-refractivity contribution < 1.29 is 0 Å². The molecule has 1 aromatic rings. The summed E-state index contributed by atoms with van der Waals surface area (Å²) >= 11 is 0. The van der Waals surface area contributed by atoms with Crippen LogP contribution in [0.25, 0.3) is 0 Å². The molecule has 1 aliphatic rings. The van der Waals surface area contributed by atoms with Crippen LogP contribution in [0.15, 0.2) is 17.4 Å². The minimum absolute atomic E-state index is 0. The van der Waals surface area contributed by atoms with Crippen molar-refractivity contribution >= 4 is 29.9 Å². The van der Waals surface area contributed by atoms with Gasteiger partial charge in [0, 0.05) is 51.7 Å². The molecule has 1 aromatic heterocycles. The van der Waals surface area contributed by atoms with E-state index in [-0.39, 0.29) is 24.0 Å². The summed E-state index contributed by atoms with van der Waals surface area (Å²) in [4.78, 5) is 14.0. The first-order chi connectivity index (χ1) is 12.2. The zero-order chi connectivity index (χ0) is 18.1. The van der Waals surface area contributed by atoms with Gasteiger partial charge in [-0.25, -0.2) is 4.98 Å². The van der Waals surface area contributed by atoms with Crippen LogP contribution in [0.5, 0.6) is 0 Å². The van der Waals surface area contributed by atoms with E-state index >= 15 is 0 Å². The molecule has 1 aliphatic heterocycles. The first-order valence-corrected chi connectivity index (χ1v) is 9.86. The number of unbranched alkanes of at least 4 members (excludes halogenated alkanes) is 1. The Kier molecular flexibility index (Phi) is 11.2. The number of likely N-dealkylation sites (N-methyl/N-ethyl adjacent to an activating group) is 2. The van der Waals surface area contributed by atoms with Crippen LogP contribution in [-0.4, -0.2) is 71.1 Å². The topological polar surface area (TPSA) is 48.7 Å². The van der Waals surface area contributed by atoms with Gasteiger partial charge in [-0.3, -0.25) is 9.89 Å². The lowest BCUT2D eigenvalue weighted by molar-refractivity contribution is 0.232. The van der Waals surface area contributed by atoms with Gasteiger partial charge in [-0.1, -0.05) is 6.92 Å². The van der Waals surface area contributed by atoms with Crippen LogP contribution in [-0.2, 0) is 6.54 Å². The number of likely N-dealkylation sites (tertiary alicyclic amines) is 1. The van der Waals surface area contributed by atoms with E-state index in [0.717, 1.165) is 57.3 Å². The molecule has 0 bridgehead atoms. The smallest absolute Gasteiger partial charge is 0.193 e. The third-order valence-electron chi connectivity index (χ3n) is 5.08. The Labute approximate surface area is 176 Å². The van der Waals surface area contributed by atoms with Gasteiger partial charge in [0.15, 0.2) is 5.96 Å². The molecule has 2 heterocycles. The number of imidazole rings is 1. The lowest BCUT2D eigenvalue weighted by atomic mass is 10.2. The Morgan fingerprint density at radius 1 is 1.38 bits per heavy atom. The van der Waals surface area contributed by atoms with E-state index in [4.69, 9.17) is 4.99 Å². The van der Waals surface area contributed by atoms with Crippen LogP contribution in [0.4, 0.5) is 0 Å². The number of rotatable bonds is 9. The molecule has 1 saturated heterocycles. The third kappa shape index (κ3) is 7.06. The van der Waals surface area contributed by atoms with E-state index < -0.39 is 0 Å². The summed E-state index contributed by atoms with van der Waals surface area (Å²) in [5.74, 6) is 2.14. The fourth-order valence-electron chi connectivity index (χ4n) is 3.61. The highest BCUT2D eigenvalue weighted by molar-refractivity contribution is 14.0. The second kappa shape index (κ2) is 12.5. The molecule has 1 fully saturated rings. The molecule has 0 saturated carbocycles. The van der Waals surface area contributed by atoms with Crippen molar-refractivity contribution in [3.63, 3.8) is 0 Å². The molecule has 0 radical (unpaired) electrons. The van der Waals surface area contributed by atoms with Gasteiger partial charge in [-0.05, 0) is 52.6 Å². The normalized spacial score (nSPS) is 18.0. The van der Waals surface area contributed by atoms with E-state index in [2.05, 4.69) is 58.7 Å². The number of guanidine groups is 1. The number of nitrogens with zero attached hydrogens (tertiary/aromatic N) is 5. The fourth-order valence-corrected chi connectivity index (χ4v) is 3.61. The predicted molar refractivity (Wildman–Crippen MR) is 120 cm³/mol. The van der Waals surface area contributed by atoms with E-state index in [0.29, 0.717) is 6.04 Å². The fraction of sp³-hybridized carbons (Fsp3) is 0.789. The maximum Gasteiger partial charge on any atom is 0.193 e. The Balaban J connectivity index is 0.00000338. The molecule has 6 nitrogen and oxygen atoms in total. The van der Waals surface area contributed by atoms with Gasteiger partial charge in [0.1, 0.15) is 5.82 Å². The second-order valence-corrected chi connectivity index (χ2v) is 6.92. The number of hydrogen-bond acceptors (Lipinski definition) is 3. The van der Waals surface area contributed by atoms with Crippen LogP contribution < -0.4 is 5.32 Å². The molecular formula is C19H37IN6. The van der Waals surface area contributed by atoms with Gasteiger partial charge in [0.25, 0.3) is 0 Å². The Morgan fingerprint density at radius 3 is 2.85 bits per heavy atom. The summed E-state index contributed by atoms with van der Waals surface area (Å²) in [6, 6.07) is 0.670. The lowest BCUT2D eigenvalue weighted by Crippen LogP contribution is -2.46. The Morgan fingerprint density at radius 2 is 2.19 bits per heavy atom. The van der Waals surface area contributed by atoms with Gasteiger partial charge >= 0.3 is 0 Å². The number of halogens is 1. The lowest BCUT2D eigenvalue weighted by Gasteiger charge is -2.29. The summed E-state index contributed by atoms with van der Waals surface area (Å²) in [6.07, 6.45) is 8.79. The molecule has 2 rings (SSSR count). The zero-order valence-electron chi connectivity index (χ0n) is 16.9. The van der Waals surface area contributed by atoms with E-state index in [1.54, 1.807) is 0 Å². The van der Waals surface area contributed by atoms with Gasteiger partial charge in [-0.2, -0.15) is 0 Å². The largest absolute Gasteiger partial charge is 0.357 e. The van der Waals surface area contributed by atoms with E-state index in [1.165, 1.54) is 19.4 Å². The van der Waals surface area contributed by atoms with Crippen LogP contribution in [0.2, 0.25) is 0 Å². The SMILES string of the molecule is CCNC(=NCCCCn1ccnc1C)N(C)CC1CCCN1CC.I. The molecule has 0 aliphatic carbocycles. The highest BCUT2D eigenvalue weighted by Crippen LogP contribution is 2.17. The van der Waals surface area contributed by atoms with Crippen molar-refractivity contribution in [1.29, 1.82) is 0 Å². The van der Waals surface area contributed by atoms with Gasteiger partial charge < -0.3 is 14.8 Å². The average molecular weight is 476 g/mol. The van der Waals surface area contributed by atoms with Crippen LogP contribution in [0.1, 0.15) is 45.4 Å². The van der Waals surface area contributed by atoms with Crippen molar-refractivity contribution in [2.24, 2.45) is 4.99 Å². The average Bonchev–Trinajstić information content (AvgIpc) is 3.22. The van der Waals surface area contributed by atoms with Gasteiger partial charge in [0.2, 0.25) is 0 Å². The molecule has 0 spiro atoms. The summed E-state index contributed by atoms with van der Waals surface area (Å²) < 4.78 is 2.21. The van der Waals surface area contributed by atoms with E-state index in [1.807, 2.05) is 6.20 Å². The van der Waals surface area contributed by atoms with Crippen molar-refractivity contribution in [3.8, 4) is 0 Å². The number of aliphatic imine (C=N–C) groups is 1. The second-order valence-electron chi connectivity index (χ2n) is 6.92. The summed E-state index contributed by atoms with van der Waals surface area (Å²) in [5, 5.41) is 3.44. The van der Waals surface area contributed by atoms with Crippen LogP contribution >= 0.6 is 24.0 Å². The predicted octanol–water partition coefficient (Wildman–Crippen LogP) is 2.97. The number of nitrogens with one attached hydrogen (secondary N) is 1. The minimum Gasteiger partial charge on any atom is -0.357 e. The van der Waals surface area contributed by atoms with Crippen LogP contribution in [0, 0.1) is 6.92 Å². The van der Waals surface area contributed by atoms with Crippen molar-refractivity contribution in [1.82, 2.24) is 24.7 Å². The molecular weight excluding hydrogens is 439 g/mol. The maximum absolute atomic E-state index is 4.84. The molecule has 0 aromatic carbocycles. The highest BCUT2D eigenvalue weighted by atomic mass is 127. The molecule has 1 unspecified atom stereocenters. The first-order valence-electron chi connectivity index (χ1n) is 9.86. The van der Waals surface area contributed by atoms with Crippen molar-refractivity contribution in [3.05, 3.63) is 18.2 Å². The molecule has 1 atom stereocenters. The summed E-state index contributed by atoms with van der Waals surface area (Å²) in [5.41, 5.74) is 0. The molecule has 26 heavy (non-hydrogen) atoms. The molecule has 0 amide bonds. The van der Waals surface area contributed by atoms with Crippen molar-refractivity contribution in [2.45, 2.75) is 59.0 Å². The highest BCUT2D eigenvalue weighted by Gasteiger charge is 2.24. The molecule has 150 valence electrons. The van der Waals surface area contributed by atoms with Crippen molar-refractivity contribution in [2.75, 3.05) is 39.8 Å². The summed E-state index contributed by atoms with van der Waals surface area (Å²) in [6.45, 7) is 12.7. The molecule has 7 heteroatoms. The monoisotopic (exact) mass is 476 g/mol. The van der Waals surface area contributed by atoms with E-state index in [9.17, 15) is 0 Å². The summed E-state index contributed by atoms with van der Waals surface area (Å²) in [7, 11) is 2.17. The number of hydrogen-bond donors (Lipinski definition) is 1. The quantitative estimate of drug-likeness (QED) is 0.258. The van der Waals surface area contributed by atoms with Gasteiger partial charge in [0.05, 0.1) is 0 Å². The Bertz CT molecular complexity index is 530. The number of aromatic nitrogens is 2. The molecule has 1 N–H and O–H groups in total. The standard InChI is InChI=1S/C19H36N6.HI/c1-5-20-19(23(4)16-18-10-9-14-24(18)6-2)22-11-7-8-13-25-15-12-21-17(25)3;/h12,15,18H,5-11,13-14,16H2,1-4H3,(H,20,22);1H. The maximum atomic E-state index is 4.84. The zero-order valence-corrected chi connectivity index (χ0v) is 19.3. The first kappa shape index (κ1) is 23.2. The van der Waals surface area contributed by atoms with Gasteiger partial charge in [-0.15, -0.1) is 24.0 Å². The van der Waals surface area contributed by atoms with Crippen LogP contribution in [0.3, 0.4) is 0 Å².